The van der Waals surface area contributed by atoms with Gasteiger partial charge in [-0.2, -0.15) is 8.61 Å². The second kappa shape index (κ2) is 15.7. The summed E-state index contributed by atoms with van der Waals surface area (Å²) in [6, 6.07) is 9.20. The third-order valence-electron chi connectivity index (χ3n) is 5.96. The molecule has 2 rings (SSSR count). The maximum absolute atomic E-state index is 13.6. The van der Waals surface area contributed by atoms with Crippen molar-refractivity contribution in [1.82, 2.24) is 13.9 Å². The van der Waals surface area contributed by atoms with Gasteiger partial charge in [-0.15, -0.1) is 0 Å². The molecule has 1 N–H and O–H groups in total. The van der Waals surface area contributed by atoms with Crippen molar-refractivity contribution in [1.29, 1.82) is 0 Å². The standard InChI is InChI=1S/C26H35N5O12S2/c1-26(2,3)43-25(33)27-15-9-16-28(44(38,39)22-13-7-5-11-20(22)30(34)35)17-10-18-29(19-24(32)42-4)45(40,41)23-14-8-6-12-21(23)31(36)37/h5-8,11-14H,9-10,15-19H2,1-4H3,(H,27,33). The van der Waals surface area contributed by atoms with E-state index in [1.165, 1.54) is 24.3 Å². The molecule has 0 radical (unpaired) electrons. The first-order valence-electron chi connectivity index (χ1n) is 13.4. The van der Waals surface area contributed by atoms with E-state index in [1.54, 1.807) is 20.8 Å². The first kappa shape index (κ1) is 37.0. The number of rotatable bonds is 16. The van der Waals surface area contributed by atoms with Crippen LogP contribution in [0.1, 0.15) is 33.6 Å². The van der Waals surface area contributed by atoms with Crippen LogP contribution in [0.5, 0.6) is 0 Å². The molecule has 0 aliphatic carbocycles. The lowest BCUT2D eigenvalue weighted by atomic mass is 10.2. The van der Waals surface area contributed by atoms with Crippen LogP contribution in [0.4, 0.5) is 16.2 Å². The van der Waals surface area contributed by atoms with E-state index in [4.69, 9.17) is 4.74 Å². The van der Waals surface area contributed by atoms with Gasteiger partial charge in [0.1, 0.15) is 12.1 Å². The number of ether oxygens (including phenoxy) is 2. The molecule has 2 aromatic rings. The molecule has 0 saturated heterocycles. The summed E-state index contributed by atoms with van der Waals surface area (Å²) < 4.78 is 65.4. The number of amides is 1. The minimum absolute atomic E-state index is 0.0294. The smallest absolute Gasteiger partial charge is 0.407 e. The highest BCUT2D eigenvalue weighted by Crippen LogP contribution is 2.28. The van der Waals surface area contributed by atoms with Crippen LogP contribution in [-0.2, 0) is 34.3 Å². The number of nitrogens with one attached hydrogen (secondary N) is 1. The molecule has 0 aromatic heterocycles. The number of para-hydroxylation sites is 2. The van der Waals surface area contributed by atoms with Gasteiger partial charge in [-0.25, -0.2) is 21.6 Å². The van der Waals surface area contributed by atoms with Gasteiger partial charge in [0.15, 0.2) is 9.79 Å². The molecule has 0 spiro atoms. The number of nitro groups is 2. The summed E-state index contributed by atoms with van der Waals surface area (Å²) in [4.78, 5) is 44.2. The van der Waals surface area contributed by atoms with E-state index in [0.29, 0.717) is 4.31 Å². The number of benzene rings is 2. The second-order valence-electron chi connectivity index (χ2n) is 10.4. The molecular formula is C26H35N5O12S2. The van der Waals surface area contributed by atoms with Crippen LogP contribution in [0.2, 0.25) is 0 Å². The van der Waals surface area contributed by atoms with Crippen molar-refractivity contribution in [2.75, 3.05) is 39.8 Å². The fourth-order valence-corrected chi connectivity index (χ4v) is 7.21. The molecule has 248 valence electrons. The van der Waals surface area contributed by atoms with E-state index in [0.717, 1.165) is 35.7 Å². The molecule has 19 heteroatoms. The highest BCUT2D eigenvalue weighted by Gasteiger charge is 2.34. The van der Waals surface area contributed by atoms with E-state index in [-0.39, 0.29) is 32.5 Å². The predicted octanol–water partition coefficient (Wildman–Crippen LogP) is 2.66. The Morgan fingerprint density at radius 2 is 1.24 bits per heavy atom. The normalized spacial score (nSPS) is 12.1. The maximum Gasteiger partial charge on any atom is 0.407 e. The molecule has 0 fully saturated rings. The number of hydrogen-bond donors (Lipinski definition) is 1. The molecule has 1 amide bonds. The molecule has 0 aliphatic heterocycles. The van der Waals surface area contributed by atoms with Crippen LogP contribution < -0.4 is 5.32 Å². The van der Waals surface area contributed by atoms with E-state index < -0.39 is 81.8 Å². The predicted molar refractivity (Wildman–Crippen MR) is 159 cm³/mol. The Morgan fingerprint density at radius 1 is 0.800 bits per heavy atom. The zero-order valence-corrected chi connectivity index (χ0v) is 26.7. The van der Waals surface area contributed by atoms with Crippen molar-refractivity contribution in [2.45, 2.75) is 49.0 Å². The van der Waals surface area contributed by atoms with Gasteiger partial charge in [0.05, 0.1) is 17.0 Å². The number of methoxy groups -OCH3 is 1. The fraction of sp³-hybridized carbons (Fsp3) is 0.462. The number of nitro benzene ring substituents is 2. The van der Waals surface area contributed by atoms with Gasteiger partial charge < -0.3 is 14.8 Å². The van der Waals surface area contributed by atoms with E-state index in [2.05, 4.69) is 10.1 Å². The topological polar surface area (TPSA) is 226 Å². The summed E-state index contributed by atoms with van der Waals surface area (Å²) in [7, 11) is -8.18. The number of esters is 1. The van der Waals surface area contributed by atoms with Gasteiger partial charge in [-0.1, -0.05) is 24.3 Å². The van der Waals surface area contributed by atoms with Gasteiger partial charge in [0.25, 0.3) is 11.4 Å². The van der Waals surface area contributed by atoms with Gasteiger partial charge >= 0.3 is 12.1 Å². The Morgan fingerprint density at radius 3 is 1.71 bits per heavy atom. The van der Waals surface area contributed by atoms with Gasteiger partial charge in [-0.3, -0.25) is 25.0 Å². The summed E-state index contributed by atoms with van der Waals surface area (Å²) in [5.74, 6) is -0.977. The third-order valence-corrected chi connectivity index (χ3v) is 9.80. The third kappa shape index (κ3) is 10.4. The maximum atomic E-state index is 13.6. The largest absolute Gasteiger partial charge is 0.468 e. The minimum atomic E-state index is -4.66. The number of sulfonamides is 2. The molecule has 0 unspecified atom stereocenters. The van der Waals surface area contributed by atoms with Crippen LogP contribution in [0.25, 0.3) is 0 Å². The number of carbonyl (C=O) groups excluding carboxylic acids is 2. The van der Waals surface area contributed by atoms with Crippen LogP contribution in [-0.4, -0.2) is 92.8 Å². The summed E-state index contributed by atoms with van der Waals surface area (Å²) in [5, 5.41) is 25.6. The lowest BCUT2D eigenvalue weighted by Gasteiger charge is -2.25. The molecule has 0 bridgehead atoms. The number of hydrogen-bond acceptors (Lipinski definition) is 12. The molecule has 2 aromatic carbocycles. The van der Waals surface area contributed by atoms with E-state index in [9.17, 15) is 46.7 Å². The number of alkyl carbamates (subject to hydrolysis) is 1. The molecular weight excluding hydrogens is 638 g/mol. The zero-order valence-electron chi connectivity index (χ0n) is 25.1. The molecule has 17 nitrogen and oxygen atoms in total. The Labute approximate surface area is 260 Å². The quantitative estimate of drug-likeness (QED) is 0.117. The summed E-state index contributed by atoms with van der Waals surface area (Å²) in [6.45, 7) is 3.00. The Bertz CT molecular complexity index is 1610. The minimum Gasteiger partial charge on any atom is -0.468 e. The highest BCUT2D eigenvalue weighted by molar-refractivity contribution is 7.89. The number of nitrogens with zero attached hydrogens (tertiary/aromatic N) is 4. The lowest BCUT2D eigenvalue weighted by Crippen LogP contribution is -2.40. The first-order chi connectivity index (χ1) is 20.9. The Hall–Kier alpha value is -4.20. The van der Waals surface area contributed by atoms with Crippen molar-refractivity contribution in [3.63, 3.8) is 0 Å². The zero-order chi connectivity index (χ0) is 34.0. The van der Waals surface area contributed by atoms with Crippen LogP contribution >= 0.6 is 0 Å². The molecule has 0 saturated carbocycles. The summed E-state index contributed by atoms with van der Waals surface area (Å²) >= 11 is 0. The highest BCUT2D eigenvalue weighted by atomic mass is 32.2. The summed E-state index contributed by atoms with van der Waals surface area (Å²) in [6.07, 6.45) is -0.940. The Balaban J connectivity index is 2.36. The molecule has 0 atom stereocenters. The van der Waals surface area contributed by atoms with Crippen LogP contribution in [0, 0.1) is 20.2 Å². The molecule has 0 heterocycles. The van der Waals surface area contributed by atoms with E-state index in [1.807, 2.05) is 0 Å². The Kier molecular flexibility index (Phi) is 12.9. The average Bonchev–Trinajstić information content (AvgIpc) is 2.96. The van der Waals surface area contributed by atoms with Crippen molar-refractivity contribution < 1.29 is 45.7 Å². The second-order valence-corrected chi connectivity index (χ2v) is 14.2. The monoisotopic (exact) mass is 673 g/mol. The average molecular weight is 674 g/mol. The van der Waals surface area contributed by atoms with E-state index >= 15 is 0 Å². The van der Waals surface area contributed by atoms with Gasteiger partial charge in [-0.05, 0) is 45.7 Å². The van der Waals surface area contributed by atoms with Crippen molar-refractivity contribution in [2.24, 2.45) is 0 Å². The van der Waals surface area contributed by atoms with Crippen LogP contribution in [0.15, 0.2) is 58.3 Å². The van der Waals surface area contributed by atoms with Gasteiger partial charge in [0, 0.05) is 38.3 Å². The summed E-state index contributed by atoms with van der Waals surface area (Å²) in [5.41, 5.74) is -2.19. The van der Waals surface area contributed by atoms with Crippen molar-refractivity contribution in [3.8, 4) is 0 Å². The molecule has 0 aliphatic rings. The molecule has 45 heavy (non-hydrogen) atoms. The SMILES string of the molecule is COC(=O)CN(CCCN(CCCNC(=O)OC(C)(C)C)S(=O)(=O)c1ccccc1[N+](=O)[O-])S(=O)(=O)c1ccccc1[N+](=O)[O-]. The van der Waals surface area contributed by atoms with Crippen molar-refractivity contribution >= 4 is 43.5 Å². The van der Waals surface area contributed by atoms with Crippen molar-refractivity contribution in [3.05, 3.63) is 68.8 Å². The van der Waals surface area contributed by atoms with Crippen LogP contribution in [0.3, 0.4) is 0 Å². The number of carbonyl (C=O) groups is 2. The van der Waals surface area contributed by atoms with Gasteiger partial charge in [0.2, 0.25) is 20.0 Å². The first-order valence-corrected chi connectivity index (χ1v) is 16.3. The fourth-order valence-electron chi connectivity index (χ4n) is 3.96. The lowest BCUT2D eigenvalue weighted by molar-refractivity contribution is -0.388.